The first-order valence-electron chi connectivity index (χ1n) is 9.83. The quantitative estimate of drug-likeness (QED) is 0.471. The molecule has 4 aromatic rings. The van der Waals surface area contributed by atoms with Gasteiger partial charge in [0.1, 0.15) is 28.5 Å². The van der Waals surface area contributed by atoms with Crippen LogP contribution in [0.4, 0.5) is 11.5 Å². The maximum absolute atomic E-state index is 13.1. The number of rotatable bonds is 7. The van der Waals surface area contributed by atoms with E-state index in [-0.39, 0.29) is 10.9 Å². The lowest BCUT2D eigenvalue weighted by Gasteiger charge is -2.22. The summed E-state index contributed by atoms with van der Waals surface area (Å²) < 4.78 is 33.5. The summed E-state index contributed by atoms with van der Waals surface area (Å²) in [5.41, 5.74) is 1.48. The molecule has 2 aromatic carbocycles. The Kier molecular flexibility index (Phi) is 5.46. The zero-order valence-corrected chi connectivity index (χ0v) is 17.7. The van der Waals surface area contributed by atoms with Crippen molar-refractivity contribution in [1.29, 1.82) is 0 Å². The molecule has 0 radical (unpaired) electrons. The Morgan fingerprint density at radius 2 is 1.77 bits per heavy atom. The SMILES string of the molecule is CCN(c1ccccc1)S(=O)(=O)c1ccc(N[C@@H](C)c2cc3ccccc3o2)[nH+]c1. The third-order valence-corrected chi connectivity index (χ3v) is 6.85. The second-order valence-corrected chi connectivity index (χ2v) is 8.86. The maximum atomic E-state index is 13.1. The second-order valence-electron chi connectivity index (χ2n) is 7.00. The van der Waals surface area contributed by atoms with Gasteiger partial charge in [0.15, 0.2) is 0 Å². The van der Waals surface area contributed by atoms with Crippen LogP contribution in [0.3, 0.4) is 0 Å². The first-order chi connectivity index (χ1) is 14.5. The Hall–Kier alpha value is -3.32. The number of anilines is 2. The summed E-state index contributed by atoms with van der Waals surface area (Å²) in [4.78, 5) is 3.25. The number of nitrogens with one attached hydrogen (secondary N) is 2. The van der Waals surface area contributed by atoms with Crippen molar-refractivity contribution in [2.24, 2.45) is 0 Å². The maximum Gasteiger partial charge on any atom is 0.272 e. The van der Waals surface area contributed by atoms with E-state index < -0.39 is 10.0 Å². The molecular formula is C23H24N3O3S+. The number of fused-ring (bicyclic) bond motifs is 1. The van der Waals surface area contributed by atoms with E-state index in [0.717, 1.165) is 16.7 Å². The smallest absolute Gasteiger partial charge is 0.272 e. The van der Waals surface area contributed by atoms with Crippen LogP contribution in [0, 0.1) is 0 Å². The van der Waals surface area contributed by atoms with Crippen molar-refractivity contribution in [1.82, 2.24) is 0 Å². The molecular weight excluding hydrogens is 398 g/mol. The number of hydrogen-bond donors (Lipinski definition) is 1. The van der Waals surface area contributed by atoms with Gasteiger partial charge in [-0.05, 0) is 44.2 Å². The molecule has 6 nitrogen and oxygen atoms in total. The number of sulfonamides is 1. The van der Waals surface area contributed by atoms with Crippen LogP contribution < -0.4 is 14.6 Å². The molecule has 0 saturated heterocycles. The molecule has 4 rings (SSSR count). The normalized spacial score (nSPS) is 12.6. The summed E-state index contributed by atoms with van der Waals surface area (Å²) in [5.74, 6) is 1.51. The number of furan rings is 1. The minimum absolute atomic E-state index is 0.0902. The lowest BCUT2D eigenvalue weighted by molar-refractivity contribution is -0.364. The lowest BCUT2D eigenvalue weighted by atomic mass is 10.2. The van der Waals surface area contributed by atoms with Crippen LogP contribution in [0.5, 0.6) is 0 Å². The average molecular weight is 423 g/mol. The number of para-hydroxylation sites is 2. The lowest BCUT2D eigenvalue weighted by Crippen LogP contribution is -2.31. The molecule has 0 bridgehead atoms. The van der Waals surface area contributed by atoms with E-state index in [0.29, 0.717) is 18.1 Å². The van der Waals surface area contributed by atoms with E-state index in [4.69, 9.17) is 4.42 Å². The highest BCUT2D eigenvalue weighted by molar-refractivity contribution is 7.92. The molecule has 30 heavy (non-hydrogen) atoms. The van der Waals surface area contributed by atoms with Crippen LogP contribution in [-0.2, 0) is 10.0 Å². The van der Waals surface area contributed by atoms with E-state index in [1.54, 1.807) is 24.3 Å². The Bertz CT molecular complexity index is 1200. The van der Waals surface area contributed by atoms with Crippen molar-refractivity contribution in [2.75, 3.05) is 16.2 Å². The zero-order chi connectivity index (χ0) is 21.1. The number of hydrogen-bond acceptors (Lipinski definition) is 4. The average Bonchev–Trinajstić information content (AvgIpc) is 3.20. The van der Waals surface area contributed by atoms with Crippen molar-refractivity contribution >= 4 is 32.5 Å². The molecule has 2 N–H and O–H groups in total. The van der Waals surface area contributed by atoms with E-state index in [1.165, 1.54) is 10.5 Å². The predicted octanol–water partition coefficient (Wildman–Crippen LogP) is 4.64. The Labute approximate surface area is 176 Å². The molecule has 0 aliphatic rings. The van der Waals surface area contributed by atoms with Crippen molar-refractivity contribution in [3.63, 3.8) is 0 Å². The predicted molar refractivity (Wildman–Crippen MR) is 118 cm³/mol. The number of pyridine rings is 1. The summed E-state index contributed by atoms with van der Waals surface area (Å²) in [7, 11) is -3.66. The molecule has 0 fully saturated rings. The van der Waals surface area contributed by atoms with E-state index in [2.05, 4.69) is 10.3 Å². The van der Waals surface area contributed by atoms with Gasteiger partial charge in [0.25, 0.3) is 15.8 Å². The third-order valence-electron chi connectivity index (χ3n) is 4.95. The molecule has 0 aliphatic carbocycles. The van der Waals surface area contributed by atoms with E-state index >= 15 is 0 Å². The van der Waals surface area contributed by atoms with Gasteiger partial charge in [0.2, 0.25) is 0 Å². The van der Waals surface area contributed by atoms with E-state index in [1.807, 2.05) is 62.4 Å². The topological polar surface area (TPSA) is 76.7 Å². The zero-order valence-electron chi connectivity index (χ0n) is 16.9. The summed E-state index contributed by atoms with van der Waals surface area (Å²) in [6, 6.07) is 22.2. The van der Waals surface area contributed by atoms with Crippen molar-refractivity contribution in [3.05, 3.63) is 84.8 Å². The monoisotopic (exact) mass is 422 g/mol. The van der Waals surface area contributed by atoms with Gasteiger partial charge in [0.05, 0.1) is 5.69 Å². The fourth-order valence-electron chi connectivity index (χ4n) is 3.39. The second kappa shape index (κ2) is 8.20. The van der Waals surface area contributed by atoms with E-state index in [9.17, 15) is 8.42 Å². The molecule has 0 saturated carbocycles. The van der Waals surface area contributed by atoms with Crippen LogP contribution in [-0.4, -0.2) is 15.0 Å². The number of nitrogens with zero attached hydrogens (tertiary/aromatic N) is 1. The van der Waals surface area contributed by atoms with Gasteiger partial charge in [-0.3, -0.25) is 9.62 Å². The molecule has 2 aromatic heterocycles. The van der Waals surface area contributed by atoms with Gasteiger partial charge in [-0.25, -0.2) is 13.4 Å². The molecule has 7 heteroatoms. The molecule has 0 amide bonds. The molecule has 0 unspecified atom stereocenters. The van der Waals surface area contributed by atoms with Gasteiger partial charge >= 0.3 is 0 Å². The van der Waals surface area contributed by atoms with Gasteiger partial charge in [-0.2, -0.15) is 0 Å². The minimum atomic E-state index is -3.66. The van der Waals surface area contributed by atoms with Gasteiger partial charge in [-0.15, -0.1) is 0 Å². The fraction of sp³-hybridized carbons (Fsp3) is 0.174. The summed E-state index contributed by atoms with van der Waals surface area (Å²) in [6.45, 7) is 4.15. The van der Waals surface area contributed by atoms with Gasteiger partial charge in [0, 0.05) is 18.0 Å². The number of aromatic nitrogens is 1. The number of benzene rings is 2. The van der Waals surface area contributed by atoms with Crippen LogP contribution in [0.1, 0.15) is 25.6 Å². The van der Waals surface area contributed by atoms with Crippen LogP contribution in [0.25, 0.3) is 11.0 Å². The Morgan fingerprint density at radius 3 is 2.43 bits per heavy atom. The first-order valence-corrected chi connectivity index (χ1v) is 11.3. The molecule has 2 heterocycles. The van der Waals surface area contributed by atoms with Gasteiger partial charge in [-0.1, -0.05) is 36.4 Å². The number of aromatic amines is 1. The Balaban J connectivity index is 1.53. The molecule has 0 aliphatic heterocycles. The molecule has 0 spiro atoms. The van der Waals surface area contributed by atoms with Crippen molar-refractivity contribution < 1.29 is 17.8 Å². The summed E-state index contributed by atoms with van der Waals surface area (Å²) in [5, 5.41) is 4.36. The largest absolute Gasteiger partial charge is 0.457 e. The van der Waals surface area contributed by atoms with Crippen LogP contribution in [0.15, 0.2) is 88.3 Å². The summed E-state index contributed by atoms with van der Waals surface area (Å²) >= 11 is 0. The molecule has 1 atom stereocenters. The van der Waals surface area contributed by atoms with Crippen LogP contribution in [0.2, 0.25) is 0 Å². The van der Waals surface area contributed by atoms with Gasteiger partial charge < -0.3 is 4.42 Å². The van der Waals surface area contributed by atoms with Crippen molar-refractivity contribution in [2.45, 2.75) is 24.8 Å². The Morgan fingerprint density at radius 1 is 1.03 bits per heavy atom. The third kappa shape index (κ3) is 3.89. The number of H-pyrrole nitrogens is 1. The highest BCUT2D eigenvalue weighted by Gasteiger charge is 2.25. The minimum Gasteiger partial charge on any atom is -0.457 e. The molecule has 154 valence electrons. The standard InChI is InChI=1S/C23H23N3O3S/c1-3-26(19-10-5-4-6-11-19)30(27,28)20-13-14-23(24-16-20)25-17(2)22-15-18-9-7-8-12-21(18)29-22/h4-17H,3H2,1-2H3,(H,24,25)/p+1/t17-/m0/s1. The first kappa shape index (κ1) is 20.0. The van der Waals surface area contributed by atoms with Crippen molar-refractivity contribution in [3.8, 4) is 0 Å². The van der Waals surface area contributed by atoms with Crippen LogP contribution >= 0.6 is 0 Å². The summed E-state index contributed by atoms with van der Waals surface area (Å²) in [6.07, 6.45) is 1.51. The highest BCUT2D eigenvalue weighted by atomic mass is 32.2. The highest BCUT2D eigenvalue weighted by Crippen LogP contribution is 2.26. The fourth-order valence-corrected chi connectivity index (χ4v) is 4.84.